The predicted octanol–water partition coefficient (Wildman–Crippen LogP) is -0.121. The predicted molar refractivity (Wildman–Crippen MR) is 74.7 cm³/mol. The fourth-order valence-corrected chi connectivity index (χ4v) is 3.09. The van der Waals surface area contributed by atoms with Gasteiger partial charge in [0.25, 0.3) is 0 Å². The number of thiophene rings is 1. The molecule has 7 heteroatoms. The number of nitrogens with zero attached hydrogens (tertiary/aromatic N) is 2. The summed E-state index contributed by atoms with van der Waals surface area (Å²) in [4.78, 5) is 26.0. The summed E-state index contributed by atoms with van der Waals surface area (Å²) in [5, 5.41) is 22.6. The van der Waals surface area contributed by atoms with Gasteiger partial charge in [-0.25, -0.2) is 0 Å². The number of carbonyl (C=O) groups is 2. The van der Waals surface area contributed by atoms with E-state index in [1.807, 2.05) is 16.8 Å². The first-order valence-electron chi connectivity index (χ1n) is 6.36. The van der Waals surface area contributed by atoms with Gasteiger partial charge in [0.15, 0.2) is 0 Å². The van der Waals surface area contributed by atoms with E-state index in [1.54, 1.807) is 28.2 Å². The summed E-state index contributed by atoms with van der Waals surface area (Å²) in [7, 11) is 1.65. The second kappa shape index (κ2) is 6.34. The summed E-state index contributed by atoms with van der Waals surface area (Å²) in [5.41, 5.74) is 0.969. The van der Waals surface area contributed by atoms with E-state index >= 15 is 0 Å². The average molecular weight is 298 g/mol. The number of carboxylic acids is 1. The van der Waals surface area contributed by atoms with Gasteiger partial charge in [-0.2, -0.15) is 11.3 Å². The smallest absolute Gasteiger partial charge is 0.317 e. The second-order valence-electron chi connectivity index (χ2n) is 5.05. The van der Waals surface area contributed by atoms with E-state index in [1.165, 1.54) is 0 Å². The quantitative estimate of drug-likeness (QED) is 0.792. The number of likely N-dealkylation sites (tertiary alicyclic amines) is 1. The van der Waals surface area contributed by atoms with Gasteiger partial charge in [0, 0.05) is 13.1 Å². The molecule has 0 saturated carbocycles. The van der Waals surface area contributed by atoms with Crippen LogP contribution in [0.4, 0.5) is 0 Å². The summed E-state index contributed by atoms with van der Waals surface area (Å²) >= 11 is 1.54. The molecule has 1 aliphatic rings. The van der Waals surface area contributed by atoms with Gasteiger partial charge < -0.3 is 15.1 Å². The highest BCUT2D eigenvalue weighted by Gasteiger charge is 2.36. The van der Waals surface area contributed by atoms with Crippen molar-refractivity contribution in [2.75, 3.05) is 26.7 Å². The summed E-state index contributed by atoms with van der Waals surface area (Å²) in [6.45, 7) is 0.486. The third-order valence-electron chi connectivity index (χ3n) is 3.50. The van der Waals surface area contributed by atoms with E-state index in [0.29, 0.717) is 13.0 Å². The first kappa shape index (κ1) is 15.0. The van der Waals surface area contributed by atoms with Crippen molar-refractivity contribution in [1.82, 2.24) is 9.80 Å². The van der Waals surface area contributed by atoms with E-state index in [0.717, 1.165) is 5.56 Å². The number of carboxylic acid groups (broad SMARTS) is 1. The third kappa shape index (κ3) is 3.56. The van der Waals surface area contributed by atoms with Gasteiger partial charge >= 0.3 is 5.97 Å². The number of aliphatic carboxylic acids is 1. The maximum atomic E-state index is 12.1. The number of likely N-dealkylation sites (N-methyl/N-ethyl adjacent to an activating group) is 1. The molecule has 1 saturated heterocycles. The van der Waals surface area contributed by atoms with E-state index in [4.69, 9.17) is 5.11 Å². The molecule has 1 aromatic rings. The zero-order valence-corrected chi connectivity index (χ0v) is 12.0. The summed E-state index contributed by atoms with van der Waals surface area (Å²) in [5.74, 6) is -0.976. The molecule has 0 spiro atoms. The highest BCUT2D eigenvalue weighted by atomic mass is 32.1. The highest BCUT2D eigenvalue weighted by Crippen LogP contribution is 2.17. The molecule has 6 nitrogen and oxygen atoms in total. The second-order valence-corrected chi connectivity index (χ2v) is 5.83. The number of carbonyl (C=O) groups excluding carboxylic acids is 1. The first-order chi connectivity index (χ1) is 9.47. The minimum Gasteiger partial charge on any atom is -0.480 e. The van der Waals surface area contributed by atoms with Crippen LogP contribution in [0.15, 0.2) is 16.8 Å². The molecule has 0 aromatic carbocycles. The van der Waals surface area contributed by atoms with Crippen molar-refractivity contribution in [2.45, 2.75) is 18.6 Å². The van der Waals surface area contributed by atoms with E-state index in [9.17, 15) is 14.7 Å². The lowest BCUT2D eigenvalue weighted by Gasteiger charge is -2.24. The standard InChI is InChI=1S/C13H18N2O4S/c1-14(7-13(18)19)10-5-15(6-11(10)16)12(17)4-9-2-3-20-8-9/h2-3,8,10-11,16H,4-7H2,1H3,(H,18,19)/t10-,11+/m0/s1. The topological polar surface area (TPSA) is 81.1 Å². The van der Waals surface area contributed by atoms with Crippen LogP contribution in [0.1, 0.15) is 5.56 Å². The lowest BCUT2D eigenvalue weighted by molar-refractivity contribution is -0.138. The van der Waals surface area contributed by atoms with Crippen LogP contribution < -0.4 is 0 Å². The van der Waals surface area contributed by atoms with Crippen LogP contribution in [0, 0.1) is 0 Å². The molecule has 2 heterocycles. The van der Waals surface area contributed by atoms with Gasteiger partial charge in [-0.15, -0.1) is 0 Å². The maximum Gasteiger partial charge on any atom is 0.317 e. The van der Waals surface area contributed by atoms with Crippen molar-refractivity contribution in [1.29, 1.82) is 0 Å². The van der Waals surface area contributed by atoms with Crippen molar-refractivity contribution in [3.63, 3.8) is 0 Å². The van der Waals surface area contributed by atoms with Gasteiger partial charge in [0.1, 0.15) is 0 Å². The van der Waals surface area contributed by atoms with Crippen LogP contribution in [-0.4, -0.2) is 70.7 Å². The Balaban J connectivity index is 1.92. The molecule has 1 amide bonds. The molecule has 2 atom stereocenters. The summed E-state index contributed by atoms with van der Waals surface area (Å²) in [6.07, 6.45) is -0.378. The Kier molecular flexibility index (Phi) is 4.74. The largest absolute Gasteiger partial charge is 0.480 e. The fraction of sp³-hybridized carbons (Fsp3) is 0.538. The molecule has 0 unspecified atom stereocenters. The van der Waals surface area contributed by atoms with Gasteiger partial charge in [0.2, 0.25) is 5.91 Å². The minimum absolute atomic E-state index is 0.0336. The highest BCUT2D eigenvalue weighted by molar-refractivity contribution is 7.07. The Hall–Kier alpha value is -1.44. The number of hydrogen-bond acceptors (Lipinski definition) is 5. The lowest BCUT2D eigenvalue weighted by Crippen LogP contribution is -2.43. The number of hydrogen-bond donors (Lipinski definition) is 2. The number of rotatable bonds is 5. The third-order valence-corrected chi connectivity index (χ3v) is 4.23. The van der Waals surface area contributed by atoms with Crippen molar-refractivity contribution >= 4 is 23.2 Å². The number of aliphatic hydroxyl groups excluding tert-OH is 1. The Bertz CT molecular complexity index is 477. The molecule has 0 radical (unpaired) electrons. The van der Waals surface area contributed by atoms with Gasteiger partial charge in [0.05, 0.1) is 25.1 Å². The van der Waals surface area contributed by atoms with Crippen LogP contribution in [-0.2, 0) is 16.0 Å². The van der Waals surface area contributed by atoms with E-state index in [-0.39, 0.29) is 25.0 Å². The van der Waals surface area contributed by atoms with Crippen LogP contribution in [0.2, 0.25) is 0 Å². The molecule has 0 aliphatic carbocycles. The van der Waals surface area contributed by atoms with Crippen LogP contribution in [0.3, 0.4) is 0 Å². The van der Waals surface area contributed by atoms with E-state index in [2.05, 4.69) is 0 Å². The van der Waals surface area contributed by atoms with Crippen molar-refractivity contribution < 1.29 is 19.8 Å². The Labute approximate surface area is 121 Å². The van der Waals surface area contributed by atoms with Gasteiger partial charge in [-0.1, -0.05) is 0 Å². The molecule has 1 aliphatic heterocycles. The minimum atomic E-state index is -0.942. The molecule has 1 aromatic heterocycles. The van der Waals surface area contributed by atoms with Crippen LogP contribution >= 0.6 is 11.3 Å². The Morgan fingerprint density at radius 1 is 1.50 bits per heavy atom. The van der Waals surface area contributed by atoms with Crippen molar-refractivity contribution in [2.24, 2.45) is 0 Å². The normalized spacial score (nSPS) is 22.4. The van der Waals surface area contributed by atoms with Crippen molar-refractivity contribution in [3.05, 3.63) is 22.4 Å². The lowest BCUT2D eigenvalue weighted by atomic mass is 10.2. The van der Waals surface area contributed by atoms with Crippen LogP contribution in [0.25, 0.3) is 0 Å². The zero-order valence-electron chi connectivity index (χ0n) is 11.2. The fourth-order valence-electron chi connectivity index (χ4n) is 2.42. The first-order valence-corrected chi connectivity index (χ1v) is 7.30. The number of β-amino-alcohol motifs (C(OH)–C–C–N with tert-alkyl or cyclic N) is 1. The molecule has 2 N–H and O–H groups in total. The Morgan fingerprint density at radius 3 is 2.85 bits per heavy atom. The SMILES string of the molecule is CN(CC(=O)O)[C@H]1CN(C(=O)Cc2ccsc2)C[C@H]1O. The maximum absolute atomic E-state index is 12.1. The zero-order chi connectivity index (χ0) is 14.7. The molecular formula is C13H18N2O4S. The van der Waals surface area contributed by atoms with Crippen molar-refractivity contribution in [3.8, 4) is 0 Å². The average Bonchev–Trinajstić information content (AvgIpc) is 2.97. The van der Waals surface area contributed by atoms with Gasteiger partial charge in [-0.3, -0.25) is 14.5 Å². The van der Waals surface area contributed by atoms with Gasteiger partial charge in [-0.05, 0) is 29.4 Å². The summed E-state index contributed by atoms with van der Waals surface area (Å²) in [6, 6.07) is 1.58. The van der Waals surface area contributed by atoms with E-state index < -0.39 is 12.1 Å². The molecule has 20 heavy (non-hydrogen) atoms. The molecule has 2 rings (SSSR count). The Morgan fingerprint density at radius 2 is 2.25 bits per heavy atom. The summed E-state index contributed by atoms with van der Waals surface area (Å²) < 4.78 is 0. The molecular weight excluding hydrogens is 280 g/mol. The molecule has 1 fully saturated rings. The monoisotopic (exact) mass is 298 g/mol. The number of amides is 1. The number of aliphatic hydroxyl groups is 1. The molecule has 0 bridgehead atoms. The van der Waals surface area contributed by atoms with Crippen LogP contribution in [0.5, 0.6) is 0 Å². The molecule has 110 valence electrons.